The number of hydrogen-bond acceptors (Lipinski definition) is 3. The molecule has 1 heterocycles. The summed E-state index contributed by atoms with van der Waals surface area (Å²) >= 11 is 0. The molecular weight excluding hydrogens is 293 g/mol. The first kappa shape index (κ1) is 17.5. The average Bonchev–Trinajstić information content (AvgIpc) is 2.98. The summed E-state index contributed by atoms with van der Waals surface area (Å²) in [5, 5.41) is 3.19. The number of nitrogens with one attached hydrogen (secondary N) is 1. The molecule has 1 aliphatic heterocycles. The fraction of sp³-hybridized carbons (Fsp3) is 0.588. The summed E-state index contributed by atoms with van der Waals surface area (Å²) in [4.78, 5) is 8.51. The van der Waals surface area contributed by atoms with Crippen LogP contribution in [0.1, 0.15) is 25.3 Å². The molecule has 3 N–H and O–H groups in total. The Morgan fingerprint density at radius 2 is 2.26 bits per heavy atom. The molecule has 1 aromatic carbocycles. The molecule has 1 fully saturated rings. The lowest BCUT2D eigenvalue weighted by molar-refractivity contribution is 0.267. The average molecular weight is 321 g/mol. The fourth-order valence-corrected chi connectivity index (χ4v) is 3.01. The number of halogens is 1. The van der Waals surface area contributed by atoms with E-state index in [1.165, 1.54) is 18.9 Å². The van der Waals surface area contributed by atoms with Crippen molar-refractivity contribution in [1.29, 1.82) is 0 Å². The maximum atomic E-state index is 13.9. The second-order valence-corrected chi connectivity index (χ2v) is 6.19. The third-order valence-electron chi connectivity index (χ3n) is 4.35. The molecule has 2 rings (SSSR count). The van der Waals surface area contributed by atoms with E-state index in [-0.39, 0.29) is 5.82 Å². The maximum Gasteiger partial charge on any atom is 0.188 e. The summed E-state index contributed by atoms with van der Waals surface area (Å²) in [6.45, 7) is 5.61. The first-order valence-electron chi connectivity index (χ1n) is 8.24. The fourth-order valence-electron chi connectivity index (χ4n) is 3.01. The Morgan fingerprint density at radius 1 is 1.48 bits per heavy atom. The van der Waals surface area contributed by atoms with Crippen LogP contribution in [0.2, 0.25) is 0 Å². The lowest BCUT2D eigenvalue weighted by atomic mass is 10.2. The number of nitrogens with zero attached hydrogens (tertiary/aromatic N) is 3. The number of nitrogens with two attached hydrogens (primary N) is 1. The minimum atomic E-state index is -0.237. The van der Waals surface area contributed by atoms with Gasteiger partial charge in [0.1, 0.15) is 5.82 Å². The Balaban J connectivity index is 1.86. The Hall–Kier alpha value is -1.82. The maximum absolute atomic E-state index is 13.9. The van der Waals surface area contributed by atoms with E-state index in [0.29, 0.717) is 24.2 Å². The van der Waals surface area contributed by atoms with Gasteiger partial charge in [0.15, 0.2) is 5.96 Å². The zero-order chi connectivity index (χ0) is 16.8. The van der Waals surface area contributed by atoms with E-state index < -0.39 is 0 Å². The second-order valence-electron chi connectivity index (χ2n) is 6.19. The van der Waals surface area contributed by atoms with Crippen molar-refractivity contribution in [2.45, 2.75) is 32.4 Å². The Labute approximate surface area is 138 Å². The van der Waals surface area contributed by atoms with Crippen LogP contribution in [-0.2, 0) is 6.54 Å². The molecule has 0 aliphatic carbocycles. The van der Waals surface area contributed by atoms with Crippen molar-refractivity contribution in [3.63, 3.8) is 0 Å². The second kappa shape index (κ2) is 8.15. The Bertz CT molecular complexity index is 544. The normalized spacial score (nSPS) is 19.1. The van der Waals surface area contributed by atoms with E-state index in [2.05, 4.69) is 22.1 Å². The molecule has 6 heteroatoms. The van der Waals surface area contributed by atoms with E-state index in [9.17, 15) is 4.39 Å². The summed E-state index contributed by atoms with van der Waals surface area (Å²) < 4.78 is 13.9. The van der Waals surface area contributed by atoms with E-state index in [1.807, 2.05) is 20.2 Å². The standard InChI is InChI=1S/C17H28FN5/c1-4-23-9-5-6-14(23)12-21-17(19)20-11-13-7-8-16(22(2)3)15(18)10-13/h7-8,10,14H,4-6,9,11-12H2,1-3H3,(H3,19,20,21). The number of guanidine groups is 1. The highest BCUT2D eigenvalue weighted by atomic mass is 19.1. The zero-order valence-corrected chi connectivity index (χ0v) is 14.3. The minimum absolute atomic E-state index is 0.237. The predicted molar refractivity (Wildman–Crippen MR) is 94.3 cm³/mol. The van der Waals surface area contributed by atoms with Crippen LogP contribution in [0.5, 0.6) is 0 Å². The monoisotopic (exact) mass is 321 g/mol. The van der Waals surface area contributed by atoms with E-state index >= 15 is 0 Å². The quantitative estimate of drug-likeness (QED) is 0.619. The molecule has 1 aromatic rings. The van der Waals surface area contributed by atoms with Gasteiger partial charge in [-0.15, -0.1) is 0 Å². The van der Waals surface area contributed by atoms with Crippen LogP contribution >= 0.6 is 0 Å². The number of benzene rings is 1. The van der Waals surface area contributed by atoms with Crippen LogP contribution < -0.4 is 16.0 Å². The van der Waals surface area contributed by atoms with Gasteiger partial charge < -0.3 is 16.0 Å². The van der Waals surface area contributed by atoms with Crippen molar-refractivity contribution in [3.05, 3.63) is 29.6 Å². The number of likely N-dealkylation sites (N-methyl/N-ethyl adjacent to an activating group) is 1. The van der Waals surface area contributed by atoms with E-state index in [4.69, 9.17) is 5.73 Å². The molecule has 0 amide bonds. The summed E-state index contributed by atoms with van der Waals surface area (Å²) in [5.41, 5.74) is 7.31. The number of aliphatic imine (C=N–C) groups is 1. The molecule has 0 spiro atoms. The van der Waals surface area contributed by atoms with Gasteiger partial charge in [-0.25, -0.2) is 9.38 Å². The molecule has 1 unspecified atom stereocenters. The topological polar surface area (TPSA) is 56.9 Å². The van der Waals surface area contributed by atoms with Crippen LogP contribution in [0.3, 0.4) is 0 Å². The molecule has 0 radical (unpaired) electrons. The largest absolute Gasteiger partial charge is 0.375 e. The highest BCUT2D eigenvalue weighted by Gasteiger charge is 2.22. The van der Waals surface area contributed by atoms with Gasteiger partial charge in [0.2, 0.25) is 0 Å². The van der Waals surface area contributed by atoms with Gasteiger partial charge in [-0.3, -0.25) is 4.90 Å². The molecular formula is C17H28FN5. The van der Waals surface area contributed by atoms with Crippen molar-refractivity contribution in [1.82, 2.24) is 10.2 Å². The van der Waals surface area contributed by atoms with Crippen LogP contribution in [0.25, 0.3) is 0 Å². The molecule has 1 saturated heterocycles. The summed E-state index contributed by atoms with van der Waals surface area (Å²) in [7, 11) is 3.64. The van der Waals surface area contributed by atoms with Gasteiger partial charge >= 0.3 is 0 Å². The van der Waals surface area contributed by atoms with Crippen molar-refractivity contribution in [2.24, 2.45) is 10.7 Å². The molecule has 1 atom stereocenters. The van der Waals surface area contributed by atoms with Crippen molar-refractivity contribution >= 4 is 11.6 Å². The molecule has 0 aromatic heterocycles. The molecule has 0 saturated carbocycles. The van der Waals surface area contributed by atoms with E-state index in [1.54, 1.807) is 11.0 Å². The van der Waals surface area contributed by atoms with Crippen LogP contribution in [-0.4, -0.2) is 50.6 Å². The van der Waals surface area contributed by atoms with Crippen LogP contribution in [0, 0.1) is 5.82 Å². The van der Waals surface area contributed by atoms with Gasteiger partial charge in [0, 0.05) is 26.7 Å². The highest BCUT2D eigenvalue weighted by molar-refractivity contribution is 5.77. The zero-order valence-electron chi connectivity index (χ0n) is 14.3. The first-order chi connectivity index (χ1) is 11.0. The molecule has 128 valence electrons. The third-order valence-corrected chi connectivity index (χ3v) is 4.35. The minimum Gasteiger partial charge on any atom is -0.375 e. The van der Waals surface area contributed by atoms with Crippen molar-refractivity contribution in [3.8, 4) is 0 Å². The summed E-state index contributed by atoms with van der Waals surface area (Å²) in [6, 6.07) is 5.69. The molecule has 1 aliphatic rings. The first-order valence-corrected chi connectivity index (χ1v) is 8.24. The van der Waals surface area contributed by atoms with Gasteiger partial charge in [-0.2, -0.15) is 0 Å². The van der Waals surface area contributed by atoms with Crippen molar-refractivity contribution < 1.29 is 4.39 Å². The number of likely N-dealkylation sites (tertiary alicyclic amines) is 1. The van der Waals surface area contributed by atoms with Crippen molar-refractivity contribution in [2.75, 3.05) is 38.6 Å². The Morgan fingerprint density at radius 3 is 2.91 bits per heavy atom. The van der Waals surface area contributed by atoms with Gasteiger partial charge in [-0.05, 0) is 43.6 Å². The lowest BCUT2D eigenvalue weighted by Gasteiger charge is -2.23. The number of anilines is 1. The Kier molecular flexibility index (Phi) is 6.21. The molecule has 23 heavy (non-hydrogen) atoms. The van der Waals surface area contributed by atoms with Crippen LogP contribution in [0.4, 0.5) is 10.1 Å². The smallest absolute Gasteiger partial charge is 0.188 e. The number of hydrogen-bond donors (Lipinski definition) is 2. The highest BCUT2D eigenvalue weighted by Crippen LogP contribution is 2.18. The third kappa shape index (κ3) is 4.82. The summed E-state index contributed by atoms with van der Waals surface area (Å²) in [5.74, 6) is 0.184. The predicted octanol–water partition coefficient (Wildman–Crippen LogP) is 1.78. The SMILES string of the molecule is CCN1CCCC1CNC(N)=NCc1ccc(N(C)C)c(F)c1. The summed E-state index contributed by atoms with van der Waals surface area (Å²) in [6.07, 6.45) is 2.44. The van der Waals surface area contributed by atoms with E-state index in [0.717, 1.165) is 25.2 Å². The van der Waals surface area contributed by atoms with Crippen LogP contribution in [0.15, 0.2) is 23.2 Å². The lowest BCUT2D eigenvalue weighted by Crippen LogP contribution is -2.42. The van der Waals surface area contributed by atoms with Gasteiger partial charge in [0.05, 0.1) is 12.2 Å². The number of rotatable bonds is 6. The molecule has 5 nitrogen and oxygen atoms in total. The van der Waals surface area contributed by atoms with Gasteiger partial charge in [-0.1, -0.05) is 13.0 Å². The molecule has 0 bridgehead atoms. The van der Waals surface area contributed by atoms with Gasteiger partial charge in [0.25, 0.3) is 0 Å².